The Morgan fingerprint density at radius 2 is 2.00 bits per heavy atom. The minimum absolute atomic E-state index is 0.153. The van der Waals surface area contributed by atoms with Crippen molar-refractivity contribution in [1.29, 1.82) is 0 Å². The van der Waals surface area contributed by atoms with Gasteiger partial charge in [-0.15, -0.1) is 0 Å². The van der Waals surface area contributed by atoms with Crippen molar-refractivity contribution in [2.75, 3.05) is 0 Å². The molecule has 2 nitrogen and oxygen atoms in total. The molecule has 0 bridgehead atoms. The van der Waals surface area contributed by atoms with E-state index in [4.69, 9.17) is 11.6 Å². The van der Waals surface area contributed by atoms with Gasteiger partial charge in [-0.25, -0.2) is 8.78 Å². The maximum Gasteiger partial charge on any atom is 0.199 e. The first kappa shape index (κ1) is 10.8. The molecule has 1 aromatic heterocycles. The number of ketones is 1. The van der Waals surface area contributed by atoms with Crippen LogP contribution in [0.15, 0.2) is 35.1 Å². The first-order chi connectivity index (χ1) is 7.59. The molecule has 0 aliphatic carbocycles. The molecular formula is C11H5ClF2O2. The van der Waals surface area contributed by atoms with Crippen LogP contribution in [0.4, 0.5) is 8.78 Å². The van der Waals surface area contributed by atoms with E-state index in [2.05, 4.69) is 4.42 Å². The molecule has 5 heteroatoms. The van der Waals surface area contributed by atoms with E-state index in [0.717, 1.165) is 18.4 Å². The number of carbonyl (C=O) groups excluding carboxylic acids is 1. The lowest BCUT2D eigenvalue weighted by atomic mass is 10.1. The summed E-state index contributed by atoms with van der Waals surface area (Å²) in [6.07, 6.45) is 2.44. The second kappa shape index (κ2) is 4.06. The predicted molar refractivity (Wildman–Crippen MR) is 53.5 cm³/mol. The fourth-order valence-electron chi connectivity index (χ4n) is 1.25. The van der Waals surface area contributed by atoms with Crippen LogP contribution in [0.1, 0.15) is 15.9 Å². The Kier molecular flexibility index (Phi) is 2.75. The van der Waals surface area contributed by atoms with Gasteiger partial charge in [0.05, 0.1) is 22.4 Å². The Labute approximate surface area is 94.4 Å². The molecule has 0 radical (unpaired) electrons. The SMILES string of the molecule is O=C(c1ccoc1)c1cc(F)c(Cl)cc1F. The molecule has 0 saturated heterocycles. The number of halogens is 3. The maximum atomic E-state index is 13.4. The Bertz CT molecular complexity index is 535. The zero-order valence-corrected chi connectivity index (χ0v) is 8.59. The van der Waals surface area contributed by atoms with Gasteiger partial charge in [0.1, 0.15) is 17.9 Å². The number of hydrogen-bond donors (Lipinski definition) is 0. The number of carbonyl (C=O) groups is 1. The smallest absolute Gasteiger partial charge is 0.199 e. The molecule has 1 heterocycles. The lowest BCUT2D eigenvalue weighted by molar-refractivity contribution is 0.103. The molecule has 0 N–H and O–H groups in total. The van der Waals surface area contributed by atoms with Gasteiger partial charge in [-0.1, -0.05) is 11.6 Å². The van der Waals surface area contributed by atoms with Gasteiger partial charge in [0.2, 0.25) is 0 Å². The minimum atomic E-state index is -0.863. The van der Waals surface area contributed by atoms with Crippen LogP contribution in [0.25, 0.3) is 0 Å². The van der Waals surface area contributed by atoms with E-state index in [1.807, 2.05) is 0 Å². The van der Waals surface area contributed by atoms with Crippen molar-refractivity contribution in [2.24, 2.45) is 0 Å². The van der Waals surface area contributed by atoms with Crippen molar-refractivity contribution in [2.45, 2.75) is 0 Å². The highest BCUT2D eigenvalue weighted by molar-refractivity contribution is 6.30. The molecular weight excluding hydrogens is 238 g/mol. The van der Waals surface area contributed by atoms with Gasteiger partial charge in [-0.2, -0.15) is 0 Å². The molecule has 0 fully saturated rings. The van der Waals surface area contributed by atoms with Crippen LogP contribution < -0.4 is 0 Å². The fraction of sp³-hybridized carbons (Fsp3) is 0. The molecule has 2 rings (SSSR count). The third kappa shape index (κ3) is 1.84. The average Bonchev–Trinajstić information content (AvgIpc) is 2.75. The summed E-state index contributed by atoms with van der Waals surface area (Å²) >= 11 is 5.37. The Hall–Kier alpha value is -1.68. The van der Waals surface area contributed by atoms with E-state index in [-0.39, 0.29) is 16.1 Å². The summed E-state index contributed by atoms with van der Waals surface area (Å²) in [6.45, 7) is 0. The van der Waals surface area contributed by atoms with E-state index in [1.54, 1.807) is 0 Å². The summed E-state index contributed by atoms with van der Waals surface area (Å²) in [7, 11) is 0. The maximum absolute atomic E-state index is 13.4. The Morgan fingerprint density at radius 1 is 1.25 bits per heavy atom. The van der Waals surface area contributed by atoms with Crippen molar-refractivity contribution in [3.05, 3.63) is 58.5 Å². The molecule has 0 saturated carbocycles. The predicted octanol–water partition coefficient (Wildman–Crippen LogP) is 3.44. The van der Waals surface area contributed by atoms with Gasteiger partial charge in [0.15, 0.2) is 5.78 Å². The quantitative estimate of drug-likeness (QED) is 0.596. The van der Waals surface area contributed by atoms with Crippen molar-refractivity contribution < 1.29 is 18.0 Å². The monoisotopic (exact) mass is 242 g/mol. The third-order valence-electron chi connectivity index (χ3n) is 2.04. The van der Waals surface area contributed by atoms with Crippen molar-refractivity contribution in [1.82, 2.24) is 0 Å². The van der Waals surface area contributed by atoms with Crippen molar-refractivity contribution >= 4 is 17.4 Å². The molecule has 82 valence electrons. The zero-order chi connectivity index (χ0) is 11.7. The van der Waals surface area contributed by atoms with Gasteiger partial charge in [0, 0.05) is 0 Å². The molecule has 0 aliphatic heterocycles. The van der Waals surface area contributed by atoms with Gasteiger partial charge in [-0.3, -0.25) is 4.79 Å². The van der Waals surface area contributed by atoms with Crippen LogP contribution >= 0.6 is 11.6 Å². The highest BCUT2D eigenvalue weighted by Gasteiger charge is 2.17. The van der Waals surface area contributed by atoms with E-state index < -0.39 is 17.4 Å². The molecule has 0 unspecified atom stereocenters. The van der Waals surface area contributed by atoms with E-state index >= 15 is 0 Å². The number of hydrogen-bond acceptors (Lipinski definition) is 2. The fourth-order valence-corrected chi connectivity index (χ4v) is 1.40. The van der Waals surface area contributed by atoms with Gasteiger partial charge in [0.25, 0.3) is 0 Å². The van der Waals surface area contributed by atoms with Gasteiger partial charge >= 0.3 is 0 Å². The van der Waals surface area contributed by atoms with Crippen LogP contribution in [0.2, 0.25) is 5.02 Å². The van der Waals surface area contributed by atoms with Crippen LogP contribution in [0, 0.1) is 11.6 Å². The molecule has 2 aromatic rings. The highest BCUT2D eigenvalue weighted by Crippen LogP contribution is 2.21. The molecule has 16 heavy (non-hydrogen) atoms. The summed E-state index contributed by atoms with van der Waals surface area (Å²) in [5, 5.41) is -0.360. The summed E-state index contributed by atoms with van der Waals surface area (Å²) in [6, 6.07) is 2.91. The third-order valence-corrected chi connectivity index (χ3v) is 2.33. The summed E-state index contributed by atoms with van der Waals surface area (Å²) in [5.41, 5.74) is -0.219. The van der Waals surface area contributed by atoms with E-state index in [1.165, 1.54) is 12.3 Å². The number of furan rings is 1. The summed E-state index contributed by atoms with van der Waals surface area (Å²) in [5.74, 6) is -2.35. The van der Waals surface area contributed by atoms with E-state index in [0.29, 0.717) is 0 Å². The minimum Gasteiger partial charge on any atom is -0.472 e. The standard InChI is InChI=1S/C11H5ClF2O2/c12-8-4-9(13)7(3-10(8)14)11(15)6-1-2-16-5-6/h1-5H. The molecule has 0 amide bonds. The molecule has 0 aliphatic rings. The summed E-state index contributed by atoms with van der Waals surface area (Å²) < 4.78 is 31.1. The Morgan fingerprint density at radius 3 is 2.62 bits per heavy atom. The largest absolute Gasteiger partial charge is 0.472 e. The highest BCUT2D eigenvalue weighted by atomic mass is 35.5. The zero-order valence-electron chi connectivity index (χ0n) is 7.84. The average molecular weight is 243 g/mol. The molecule has 0 spiro atoms. The topological polar surface area (TPSA) is 30.2 Å². The second-order valence-corrected chi connectivity index (χ2v) is 3.49. The Balaban J connectivity index is 2.49. The first-order valence-corrected chi connectivity index (χ1v) is 4.69. The normalized spacial score (nSPS) is 10.4. The van der Waals surface area contributed by atoms with E-state index in [9.17, 15) is 13.6 Å². The summed E-state index contributed by atoms with van der Waals surface area (Å²) in [4.78, 5) is 11.7. The van der Waals surface area contributed by atoms with Gasteiger partial charge < -0.3 is 4.42 Å². The lowest BCUT2D eigenvalue weighted by Gasteiger charge is -2.02. The second-order valence-electron chi connectivity index (χ2n) is 3.09. The van der Waals surface area contributed by atoms with Crippen molar-refractivity contribution in [3.63, 3.8) is 0 Å². The van der Waals surface area contributed by atoms with Crippen molar-refractivity contribution in [3.8, 4) is 0 Å². The van der Waals surface area contributed by atoms with Crippen LogP contribution in [0.5, 0.6) is 0 Å². The van der Waals surface area contributed by atoms with Crippen LogP contribution in [0.3, 0.4) is 0 Å². The lowest BCUT2D eigenvalue weighted by Crippen LogP contribution is -2.04. The molecule has 0 atom stereocenters. The number of rotatable bonds is 2. The van der Waals surface area contributed by atoms with Crippen LogP contribution in [-0.4, -0.2) is 5.78 Å². The van der Waals surface area contributed by atoms with Gasteiger partial charge in [-0.05, 0) is 18.2 Å². The van der Waals surface area contributed by atoms with Crippen LogP contribution in [-0.2, 0) is 0 Å². The first-order valence-electron chi connectivity index (χ1n) is 4.31. The molecule has 1 aromatic carbocycles. The number of benzene rings is 1.